The molecule has 0 saturated carbocycles. The smallest absolute Gasteiger partial charge is 0.266 e. The Bertz CT molecular complexity index is 748. The van der Waals surface area contributed by atoms with Gasteiger partial charge in [-0.1, -0.05) is 6.07 Å². The summed E-state index contributed by atoms with van der Waals surface area (Å²) in [7, 11) is 0. The maximum atomic E-state index is 13.4. The van der Waals surface area contributed by atoms with Crippen molar-refractivity contribution < 1.29 is 13.2 Å². The van der Waals surface area contributed by atoms with Crippen LogP contribution in [0.3, 0.4) is 0 Å². The monoisotopic (exact) mass is 322 g/mol. The predicted octanol–water partition coefficient (Wildman–Crippen LogP) is 3.11. The van der Waals surface area contributed by atoms with Gasteiger partial charge in [0.2, 0.25) is 0 Å². The fraction of sp³-hybridized carbons (Fsp3) is 0.188. The van der Waals surface area contributed by atoms with Gasteiger partial charge >= 0.3 is 0 Å². The first-order valence-corrected chi connectivity index (χ1v) is 6.86. The largest absolute Gasteiger partial charge is 0.404 e. The number of hydrogen-bond acceptors (Lipinski definition) is 3. The molecule has 0 bridgehead atoms. The van der Waals surface area contributed by atoms with Gasteiger partial charge in [0, 0.05) is 24.3 Å². The SMILES string of the molecule is Cc1nccn1C/C(N)=C/C(=C\N)c1ccc(F)c(C(F)F)c1. The van der Waals surface area contributed by atoms with Gasteiger partial charge in [0.1, 0.15) is 11.6 Å². The van der Waals surface area contributed by atoms with Crippen molar-refractivity contribution in [3.8, 4) is 0 Å². The number of imidazole rings is 1. The molecule has 0 radical (unpaired) electrons. The number of aryl methyl sites for hydroxylation is 1. The number of halogens is 3. The van der Waals surface area contributed by atoms with Crippen molar-refractivity contribution in [1.82, 2.24) is 9.55 Å². The minimum Gasteiger partial charge on any atom is -0.404 e. The van der Waals surface area contributed by atoms with E-state index in [1.165, 1.54) is 12.3 Å². The Hall–Kier alpha value is -2.70. The molecule has 0 unspecified atom stereocenters. The van der Waals surface area contributed by atoms with Crippen LogP contribution in [0.4, 0.5) is 13.2 Å². The van der Waals surface area contributed by atoms with E-state index in [9.17, 15) is 13.2 Å². The van der Waals surface area contributed by atoms with Crippen LogP contribution in [0.2, 0.25) is 0 Å². The van der Waals surface area contributed by atoms with E-state index in [1.807, 2.05) is 11.5 Å². The molecule has 0 aliphatic carbocycles. The molecule has 7 heteroatoms. The molecule has 4 nitrogen and oxygen atoms in total. The van der Waals surface area contributed by atoms with Crippen LogP contribution in [0, 0.1) is 12.7 Å². The Morgan fingerprint density at radius 3 is 2.70 bits per heavy atom. The molecule has 0 fully saturated rings. The van der Waals surface area contributed by atoms with Gasteiger partial charge in [0.15, 0.2) is 0 Å². The summed E-state index contributed by atoms with van der Waals surface area (Å²) in [5.41, 5.74) is 12.1. The van der Waals surface area contributed by atoms with E-state index in [0.29, 0.717) is 23.4 Å². The molecule has 0 aliphatic rings. The lowest BCUT2D eigenvalue weighted by atomic mass is 10.0. The topological polar surface area (TPSA) is 69.9 Å². The van der Waals surface area contributed by atoms with Crippen LogP contribution in [0.5, 0.6) is 0 Å². The average molecular weight is 322 g/mol. The number of nitrogens with zero attached hydrogens (tertiary/aromatic N) is 2. The molecule has 4 N–H and O–H groups in total. The molecule has 2 rings (SSSR count). The van der Waals surface area contributed by atoms with Gasteiger partial charge in [-0.05, 0) is 36.3 Å². The van der Waals surface area contributed by atoms with Crippen molar-refractivity contribution in [2.24, 2.45) is 11.5 Å². The van der Waals surface area contributed by atoms with Gasteiger partial charge in [-0.15, -0.1) is 0 Å². The van der Waals surface area contributed by atoms with Crippen molar-refractivity contribution in [3.05, 3.63) is 71.3 Å². The molecule has 0 aliphatic heterocycles. The van der Waals surface area contributed by atoms with Gasteiger partial charge in [0.25, 0.3) is 6.43 Å². The van der Waals surface area contributed by atoms with E-state index < -0.39 is 17.8 Å². The van der Waals surface area contributed by atoms with Crippen molar-refractivity contribution >= 4 is 5.57 Å². The third-order valence-corrected chi connectivity index (χ3v) is 3.36. The van der Waals surface area contributed by atoms with Crippen molar-refractivity contribution in [2.45, 2.75) is 19.9 Å². The highest BCUT2D eigenvalue weighted by atomic mass is 19.3. The summed E-state index contributed by atoms with van der Waals surface area (Å²) in [6.07, 6.45) is 3.34. The molecule has 1 aromatic carbocycles. The van der Waals surface area contributed by atoms with E-state index in [2.05, 4.69) is 4.98 Å². The average Bonchev–Trinajstić information content (AvgIpc) is 2.90. The number of benzene rings is 1. The summed E-state index contributed by atoms with van der Waals surface area (Å²) in [6.45, 7) is 2.22. The second kappa shape index (κ2) is 7.04. The number of alkyl halides is 2. The Balaban J connectivity index is 2.28. The normalized spacial score (nSPS) is 12.9. The molecule has 122 valence electrons. The van der Waals surface area contributed by atoms with E-state index in [0.717, 1.165) is 18.0 Å². The second-order valence-electron chi connectivity index (χ2n) is 4.98. The maximum Gasteiger partial charge on any atom is 0.266 e. The Kier molecular flexibility index (Phi) is 5.10. The number of nitrogens with two attached hydrogens (primary N) is 2. The summed E-state index contributed by atoms with van der Waals surface area (Å²) in [5, 5.41) is 0. The minimum atomic E-state index is -2.90. The lowest BCUT2D eigenvalue weighted by Gasteiger charge is -2.09. The first kappa shape index (κ1) is 16.7. The van der Waals surface area contributed by atoms with Crippen LogP contribution in [0.15, 0.2) is 48.6 Å². The van der Waals surface area contributed by atoms with Crippen LogP contribution in [0.25, 0.3) is 5.57 Å². The zero-order valence-corrected chi connectivity index (χ0v) is 12.5. The first-order chi connectivity index (χ1) is 10.9. The molecule has 0 atom stereocenters. The number of allylic oxidation sites excluding steroid dienone is 3. The van der Waals surface area contributed by atoms with Gasteiger partial charge in [-0.3, -0.25) is 0 Å². The fourth-order valence-electron chi connectivity index (χ4n) is 2.13. The van der Waals surface area contributed by atoms with Crippen LogP contribution < -0.4 is 11.5 Å². The van der Waals surface area contributed by atoms with Gasteiger partial charge < -0.3 is 16.0 Å². The molecule has 1 aromatic heterocycles. The summed E-state index contributed by atoms with van der Waals surface area (Å²) < 4.78 is 40.8. The van der Waals surface area contributed by atoms with Crippen LogP contribution >= 0.6 is 0 Å². The molecule has 2 aromatic rings. The van der Waals surface area contributed by atoms with Gasteiger partial charge in [0.05, 0.1) is 12.1 Å². The van der Waals surface area contributed by atoms with E-state index in [1.54, 1.807) is 18.5 Å². The van der Waals surface area contributed by atoms with Gasteiger partial charge in [-0.25, -0.2) is 18.2 Å². The van der Waals surface area contributed by atoms with Crippen LogP contribution in [0.1, 0.15) is 23.4 Å². The zero-order chi connectivity index (χ0) is 17.0. The van der Waals surface area contributed by atoms with Crippen LogP contribution in [-0.2, 0) is 6.54 Å². The van der Waals surface area contributed by atoms with Crippen molar-refractivity contribution in [2.75, 3.05) is 0 Å². The number of hydrogen-bond donors (Lipinski definition) is 2. The predicted molar refractivity (Wildman–Crippen MR) is 82.8 cm³/mol. The maximum absolute atomic E-state index is 13.4. The Labute approximate surface area is 131 Å². The summed E-state index contributed by atoms with van der Waals surface area (Å²) in [4.78, 5) is 4.08. The molecular formula is C16H17F3N4. The molecule has 23 heavy (non-hydrogen) atoms. The lowest BCUT2D eigenvalue weighted by Crippen LogP contribution is -2.09. The minimum absolute atomic E-state index is 0.370. The first-order valence-electron chi connectivity index (χ1n) is 6.86. The highest BCUT2D eigenvalue weighted by molar-refractivity contribution is 5.74. The quantitative estimate of drug-likeness (QED) is 0.831. The van der Waals surface area contributed by atoms with E-state index in [4.69, 9.17) is 11.5 Å². The third-order valence-electron chi connectivity index (χ3n) is 3.36. The fourth-order valence-corrected chi connectivity index (χ4v) is 2.13. The lowest BCUT2D eigenvalue weighted by molar-refractivity contribution is 0.146. The zero-order valence-electron chi connectivity index (χ0n) is 12.5. The van der Waals surface area contributed by atoms with Crippen molar-refractivity contribution in [1.29, 1.82) is 0 Å². The number of rotatable bonds is 5. The highest BCUT2D eigenvalue weighted by Crippen LogP contribution is 2.26. The van der Waals surface area contributed by atoms with Crippen LogP contribution in [-0.4, -0.2) is 9.55 Å². The summed E-state index contributed by atoms with van der Waals surface area (Å²) in [5.74, 6) is -0.160. The van der Waals surface area contributed by atoms with Crippen molar-refractivity contribution in [3.63, 3.8) is 0 Å². The molecule has 0 spiro atoms. The van der Waals surface area contributed by atoms with E-state index in [-0.39, 0.29) is 0 Å². The Morgan fingerprint density at radius 2 is 2.13 bits per heavy atom. The number of aromatic nitrogens is 2. The van der Waals surface area contributed by atoms with Gasteiger partial charge in [-0.2, -0.15) is 0 Å². The second-order valence-corrected chi connectivity index (χ2v) is 4.98. The standard InChI is InChI=1S/C16H17F3N4/c1-10-22-4-5-23(10)9-13(21)6-12(8-20)11-2-3-15(17)14(7-11)16(18)19/h2-8,16H,9,20-21H2,1H3/b12-8+,13-6-. The van der Waals surface area contributed by atoms with E-state index >= 15 is 0 Å². The Morgan fingerprint density at radius 1 is 1.39 bits per heavy atom. The molecular weight excluding hydrogens is 305 g/mol. The third kappa shape index (κ3) is 3.94. The molecule has 1 heterocycles. The molecule has 0 amide bonds. The highest BCUT2D eigenvalue weighted by Gasteiger charge is 2.14. The molecule has 0 saturated heterocycles. The summed E-state index contributed by atoms with van der Waals surface area (Å²) >= 11 is 0. The summed E-state index contributed by atoms with van der Waals surface area (Å²) in [6, 6.07) is 3.45.